The minimum atomic E-state index is -4.62. The van der Waals surface area contributed by atoms with Gasteiger partial charge in [0.25, 0.3) is 0 Å². The summed E-state index contributed by atoms with van der Waals surface area (Å²) in [4.78, 5) is 25.5. The van der Waals surface area contributed by atoms with E-state index in [9.17, 15) is 21.9 Å². The first kappa shape index (κ1) is 20.2. The van der Waals surface area contributed by atoms with Crippen LogP contribution in [-0.2, 0) is 26.3 Å². The summed E-state index contributed by atoms with van der Waals surface area (Å²) in [6.07, 6.45) is -0.621. The number of ether oxygens (including phenoxy) is 1. The highest BCUT2D eigenvalue weighted by atomic mass is 32.3. The van der Waals surface area contributed by atoms with Crippen LogP contribution in [0, 0.1) is 5.92 Å². The number of benzene rings is 1. The SMILES string of the molecule is CC(C)(C)OC(=O)Nc1ccccc1CN1CC(CS(=O)(=O)F)CC1=O. The number of para-hydroxylation sites is 1. The number of carbonyl (C=O) groups excluding carboxylic acids is 2. The maximum atomic E-state index is 12.8. The molecule has 1 atom stereocenters. The molecule has 0 radical (unpaired) electrons. The van der Waals surface area contributed by atoms with Gasteiger partial charge in [-0.1, -0.05) is 18.2 Å². The lowest BCUT2D eigenvalue weighted by atomic mass is 10.1. The van der Waals surface area contributed by atoms with Crippen molar-refractivity contribution in [2.24, 2.45) is 5.92 Å². The molecule has 2 rings (SSSR count). The predicted molar refractivity (Wildman–Crippen MR) is 94.7 cm³/mol. The number of hydrogen-bond acceptors (Lipinski definition) is 5. The Balaban J connectivity index is 2.06. The molecule has 9 heteroatoms. The first-order valence-corrected chi connectivity index (χ1v) is 9.76. The Morgan fingerprint density at radius 3 is 2.62 bits per heavy atom. The highest BCUT2D eigenvalue weighted by Crippen LogP contribution is 2.25. The van der Waals surface area contributed by atoms with Crippen molar-refractivity contribution in [3.05, 3.63) is 29.8 Å². The van der Waals surface area contributed by atoms with Crippen molar-refractivity contribution in [3.8, 4) is 0 Å². The van der Waals surface area contributed by atoms with Crippen LogP contribution in [0.2, 0.25) is 0 Å². The molecule has 1 fully saturated rings. The minimum Gasteiger partial charge on any atom is -0.444 e. The van der Waals surface area contributed by atoms with Gasteiger partial charge in [0.1, 0.15) is 5.60 Å². The molecule has 0 saturated carbocycles. The number of likely N-dealkylation sites (tertiary alicyclic amines) is 1. The summed E-state index contributed by atoms with van der Waals surface area (Å²) in [6, 6.07) is 6.93. The van der Waals surface area contributed by atoms with Crippen molar-refractivity contribution < 1.29 is 26.6 Å². The molecule has 1 aliphatic rings. The molecule has 0 bridgehead atoms. The smallest absolute Gasteiger partial charge is 0.412 e. The summed E-state index contributed by atoms with van der Waals surface area (Å²) in [6.45, 7) is 5.59. The Morgan fingerprint density at radius 2 is 2.00 bits per heavy atom. The molecule has 26 heavy (non-hydrogen) atoms. The number of anilines is 1. The molecule has 7 nitrogen and oxygen atoms in total. The lowest BCUT2D eigenvalue weighted by Gasteiger charge is -2.22. The van der Waals surface area contributed by atoms with Crippen molar-refractivity contribution in [1.82, 2.24) is 4.90 Å². The van der Waals surface area contributed by atoms with Gasteiger partial charge in [-0.05, 0) is 32.4 Å². The zero-order chi connectivity index (χ0) is 19.5. The highest BCUT2D eigenvalue weighted by molar-refractivity contribution is 7.86. The van der Waals surface area contributed by atoms with Crippen LogP contribution in [0.25, 0.3) is 0 Å². The van der Waals surface area contributed by atoms with Gasteiger partial charge in [-0.25, -0.2) is 4.79 Å². The van der Waals surface area contributed by atoms with E-state index in [0.29, 0.717) is 11.3 Å². The van der Waals surface area contributed by atoms with E-state index in [2.05, 4.69) is 5.32 Å². The Bertz CT molecular complexity index is 789. The molecule has 2 amide bonds. The molecule has 1 saturated heterocycles. The van der Waals surface area contributed by atoms with Crippen molar-refractivity contribution in [2.75, 3.05) is 17.6 Å². The Morgan fingerprint density at radius 1 is 1.35 bits per heavy atom. The molecule has 1 aromatic rings. The van der Waals surface area contributed by atoms with E-state index in [1.165, 1.54) is 4.90 Å². The van der Waals surface area contributed by atoms with Crippen LogP contribution in [0.4, 0.5) is 14.4 Å². The van der Waals surface area contributed by atoms with Gasteiger partial charge in [0, 0.05) is 31.1 Å². The minimum absolute atomic E-state index is 0.00912. The zero-order valence-corrected chi connectivity index (χ0v) is 15.8. The van der Waals surface area contributed by atoms with E-state index in [1.807, 2.05) is 0 Å². The topological polar surface area (TPSA) is 92.8 Å². The van der Waals surface area contributed by atoms with Crippen molar-refractivity contribution >= 4 is 27.9 Å². The van der Waals surface area contributed by atoms with Crippen LogP contribution in [-0.4, -0.2) is 43.2 Å². The average Bonchev–Trinajstić information content (AvgIpc) is 2.76. The normalized spacial score (nSPS) is 18.1. The van der Waals surface area contributed by atoms with E-state index in [1.54, 1.807) is 45.0 Å². The monoisotopic (exact) mass is 386 g/mol. The summed E-state index contributed by atoms with van der Waals surface area (Å²) in [5.74, 6) is -1.47. The summed E-state index contributed by atoms with van der Waals surface area (Å²) >= 11 is 0. The van der Waals surface area contributed by atoms with E-state index in [-0.39, 0.29) is 25.4 Å². The standard InChI is InChI=1S/C17H23FN2O5S/c1-17(2,3)25-16(22)19-14-7-5-4-6-13(14)10-20-9-12(8-15(20)21)11-26(18,23)24/h4-7,12H,8-11H2,1-3H3,(H,19,22). The number of halogens is 1. The fourth-order valence-corrected chi connectivity index (χ4v) is 3.59. The van der Waals surface area contributed by atoms with Gasteiger partial charge in [-0.2, -0.15) is 8.42 Å². The molecule has 144 valence electrons. The van der Waals surface area contributed by atoms with Crippen LogP contribution in [0.15, 0.2) is 24.3 Å². The predicted octanol–water partition coefficient (Wildman–Crippen LogP) is 2.68. The number of nitrogens with one attached hydrogen (secondary N) is 1. The van der Waals surface area contributed by atoms with E-state index in [4.69, 9.17) is 4.74 Å². The lowest BCUT2D eigenvalue weighted by molar-refractivity contribution is -0.128. The molecule has 1 aliphatic heterocycles. The van der Waals surface area contributed by atoms with Crippen molar-refractivity contribution in [1.29, 1.82) is 0 Å². The van der Waals surface area contributed by atoms with Crippen molar-refractivity contribution in [2.45, 2.75) is 39.3 Å². The Kier molecular flexibility index (Phi) is 5.90. The molecule has 0 spiro atoms. The number of amides is 2. The molecule has 1 heterocycles. The molecule has 0 aromatic heterocycles. The van der Waals surface area contributed by atoms with Crippen LogP contribution < -0.4 is 5.32 Å². The fourth-order valence-electron chi connectivity index (χ4n) is 2.80. The Labute approximate surface area is 152 Å². The quantitative estimate of drug-likeness (QED) is 0.786. The van der Waals surface area contributed by atoms with E-state index in [0.717, 1.165) is 0 Å². The lowest BCUT2D eigenvalue weighted by Crippen LogP contribution is -2.29. The summed E-state index contributed by atoms with van der Waals surface area (Å²) < 4.78 is 39.6. The maximum absolute atomic E-state index is 12.8. The number of rotatable bonds is 5. The third kappa shape index (κ3) is 6.29. The summed E-state index contributed by atoms with van der Waals surface area (Å²) in [5.41, 5.74) is 0.529. The fraction of sp³-hybridized carbons (Fsp3) is 0.529. The van der Waals surface area contributed by atoms with Gasteiger partial charge in [-0.3, -0.25) is 10.1 Å². The van der Waals surface area contributed by atoms with Gasteiger partial charge in [0.2, 0.25) is 5.91 Å². The number of carbonyl (C=O) groups is 2. The van der Waals surface area contributed by atoms with Crippen LogP contribution in [0.5, 0.6) is 0 Å². The average molecular weight is 386 g/mol. The summed E-state index contributed by atoms with van der Waals surface area (Å²) in [5, 5.41) is 2.65. The largest absolute Gasteiger partial charge is 0.444 e. The molecule has 1 N–H and O–H groups in total. The molecular weight excluding hydrogens is 363 g/mol. The zero-order valence-electron chi connectivity index (χ0n) is 15.0. The summed E-state index contributed by atoms with van der Waals surface area (Å²) in [7, 11) is -4.62. The third-order valence-corrected chi connectivity index (χ3v) is 4.61. The van der Waals surface area contributed by atoms with E-state index < -0.39 is 33.6 Å². The first-order valence-electron chi connectivity index (χ1n) is 8.21. The van der Waals surface area contributed by atoms with Crippen LogP contribution >= 0.6 is 0 Å². The third-order valence-electron chi connectivity index (χ3n) is 3.74. The second-order valence-electron chi connectivity index (χ2n) is 7.33. The Hall–Kier alpha value is -2.16. The number of hydrogen-bond donors (Lipinski definition) is 1. The van der Waals surface area contributed by atoms with Gasteiger partial charge in [0.05, 0.1) is 5.75 Å². The second-order valence-corrected chi connectivity index (χ2v) is 8.74. The van der Waals surface area contributed by atoms with Gasteiger partial charge >= 0.3 is 16.3 Å². The first-order chi connectivity index (χ1) is 11.9. The van der Waals surface area contributed by atoms with Crippen LogP contribution in [0.3, 0.4) is 0 Å². The second kappa shape index (κ2) is 7.61. The van der Waals surface area contributed by atoms with Crippen LogP contribution in [0.1, 0.15) is 32.8 Å². The molecule has 1 unspecified atom stereocenters. The molecular formula is C17H23FN2O5S. The maximum Gasteiger partial charge on any atom is 0.412 e. The molecule has 0 aliphatic carbocycles. The van der Waals surface area contributed by atoms with E-state index >= 15 is 0 Å². The number of nitrogens with zero attached hydrogens (tertiary/aromatic N) is 1. The van der Waals surface area contributed by atoms with Gasteiger partial charge in [-0.15, -0.1) is 3.89 Å². The van der Waals surface area contributed by atoms with Crippen molar-refractivity contribution in [3.63, 3.8) is 0 Å². The highest BCUT2D eigenvalue weighted by Gasteiger charge is 2.33. The van der Waals surface area contributed by atoms with Gasteiger partial charge in [0.15, 0.2) is 0 Å². The van der Waals surface area contributed by atoms with Gasteiger partial charge < -0.3 is 9.64 Å². The molecule has 1 aromatic carbocycles.